The summed E-state index contributed by atoms with van der Waals surface area (Å²) in [5.41, 5.74) is 2.39. The summed E-state index contributed by atoms with van der Waals surface area (Å²) in [7, 11) is 0. The molecule has 6 atom stereocenters. The van der Waals surface area contributed by atoms with Crippen LogP contribution in [0.5, 0.6) is 0 Å². The number of esters is 1. The normalized spacial score (nSPS) is 34.5. The number of nitrogens with zero attached hydrogens (tertiary/aromatic N) is 1. The zero-order valence-corrected chi connectivity index (χ0v) is 18.0. The average molecular weight is 409 g/mol. The number of hydrogen-bond acceptors (Lipinski definition) is 5. The molecule has 0 aromatic carbocycles. The van der Waals surface area contributed by atoms with Gasteiger partial charge < -0.3 is 10.1 Å². The van der Waals surface area contributed by atoms with E-state index in [4.69, 9.17) is 4.74 Å². The molecule has 0 saturated heterocycles. The van der Waals surface area contributed by atoms with Crippen LogP contribution in [0.3, 0.4) is 0 Å². The van der Waals surface area contributed by atoms with E-state index in [1.807, 2.05) is 24.4 Å². The third-order valence-electron chi connectivity index (χ3n) is 7.89. The summed E-state index contributed by atoms with van der Waals surface area (Å²) in [4.78, 5) is 29.0. The van der Waals surface area contributed by atoms with Gasteiger partial charge in [0.1, 0.15) is 5.78 Å². The highest BCUT2D eigenvalue weighted by molar-refractivity contribution is 5.82. The molecule has 1 N–H and O–H groups in total. The Morgan fingerprint density at radius 3 is 2.90 bits per heavy atom. The Morgan fingerprint density at radius 2 is 2.20 bits per heavy atom. The topological polar surface area (TPSA) is 68.3 Å². The van der Waals surface area contributed by atoms with Crippen molar-refractivity contribution in [2.24, 2.45) is 29.1 Å². The molecule has 5 heteroatoms. The molecule has 4 rings (SSSR count). The van der Waals surface area contributed by atoms with Crippen LogP contribution in [-0.2, 0) is 20.9 Å². The van der Waals surface area contributed by atoms with E-state index in [0.29, 0.717) is 24.7 Å². The van der Waals surface area contributed by atoms with Crippen molar-refractivity contribution in [3.8, 4) is 0 Å². The molecule has 4 unspecified atom stereocenters. The Balaban J connectivity index is 1.57. The van der Waals surface area contributed by atoms with Crippen LogP contribution in [-0.4, -0.2) is 22.8 Å². The minimum absolute atomic E-state index is 0.0448. The first-order chi connectivity index (χ1) is 14.4. The second kappa shape index (κ2) is 8.46. The molecule has 1 aromatic rings. The molecule has 1 aromatic heterocycles. The average Bonchev–Trinajstić information content (AvgIpc) is 3.17. The highest BCUT2D eigenvalue weighted by Crippen LogP contribution is 2.57. The van der Waals surface area contributed by atoms with E-state index in [2.05, 4.69) is 30.7 Å². The minimum Gasteiger partial charge on any atom is -0.434 e. The van der Waals surface area contributed by atoms with Crippen molar-refractivity contribution in [3.05, 3.63) is 54.6 Å². The Hall–Kier alpha value is -2.27. The van der Waals surface area contributed by atoms with E-state index in [1.54, 1.807) is 6.20 Å². The molecule has 5 nitrogen and oxygen atoms in total. The third-order valence-corrected chi connectivity index (χ3v) is 7.89. The smallest absolute Gasteiger partial charge is 0.319 e. The lowest BCUT2D eigenvalue weighted by atomic mass is 9.50. The van der Waals surface area contributed by atoms with E-state index >= 15 is 0 Å². The number of pyridine rings is 1. The van der Waals surface area contributed by atoms with Crippen LogP contribution in [0.4, 0.5) is 0 Å². The number of allylic oxidation sites excluding steroid dienone is 1. The van der Waals surface area contributed by atoms with Gasteiger partial charge >= 0.3 is 5.97 Å². The molecule has 3 aliphatic rings. The zero-order chi connectivity index (χ0) is 21.3. The number of aromatic nitrogens is 1. The lowest BCUT2D eigenvalue weighted by Gasteiger charge is -2.54. The van der Waals surface area contributed by atoms with Crippen LogP contribution < -0.4 is 5.32 Å². The summed E-state index contributed by atoms with van der Waals surface area (Å²) in [6.45, 7) is 9.52. The quantitative estimate of drug-likeness (QED) is 0.564. The highest BCUT2D eigenvalue weighted by atomic mass is 16.5. The maximum Gasteiger partial charge on any atom is 0.319 e. The van der Waals surface area contributed by atoms with Gasteiger partial charge in [-0.3, -0.25) is 14.6 Å². The maximum atomic E-state index is 12.4. The first-order valence-electron chi connectivity index (χ1n) is 11.1. The van der Waals surface area contributed by atoms with Gasteiger partial charge in [0.05, 0.1) is 12.2 Å². The van der Waals surface area contributed by atoms with Crippen LogP contribution in [0.25, 0.3) is 0 Å². The molecule has 2 saturated carbocycles. The zero-order valence-electron chi connectivity index (χ0n) is 18.0. The standard InChI is InChI=1S/C25H32N2O3/c1-16-6-7-20-17(2)23(28)8-10-25(20,3)21(16)13-22(19-9-12-30-24(19)29)27-15-18-5-4-11-26-14-18/h4-5,9,11-12,14,17,19-22,27H,1,6-8,10,13,15H2,2-3H3/t17-,19?,20?,21?,22?,25+/m1/s1. The number of carbonyl (C=O) groups excluding carboxylic acids is 2. The molecule has 0 bridgehead atoms. The maximum absolute atomic E-state index is 12.4. The Labute approximate surface area is 179 Å². The van der Waals surface area contributed by atoms with Crippen LogP contribution in [0, 0.1) is 29.1 Å². The molecule has 0 spiro atoms. The van der Waals surface area contributed by atoms with Gasteiger partial charge in [-0.15, -0.1) is 0 Å². The second-order valence-corrected chi connectivity index (χ2v) is 9.49. The highest BCUT2D eigenvalue weighted by Gasteiger charge is 2.52. The van der Waals surface area contributed by atoms with Crippen molar-refractivity contribution < 1.29 is 14.3 Å². The van der Waals surface area contributed by atoms with Crippen molar-refractivity contribution in [3.63, 3.8) is 0 Å². The van der Waals surface area contributed by atoms with Gasteiger partial charge in [-0.05, 0) is 60.6 Å². The number of Topliss-reactive ketones (excluding diaryl/α,β-unsaturated/α-hetero) is 1. The van der Waals surface area contributed by atoms with Gasteiger partial charge in [-0.1, -0.05) is 32.1 Å². The van der Waals surface area contributed by atoms with Crippen LogP contribution in [0.2, 0.25) is 0 Å². The molecular weight excluding hydrogens is 376 g/mol. The monoisotopic (exact) mass is 408 g/mol. The number of hydrogen-bond donors (Lipinski definition) is 1. The minimum atomic E-state index is -0.305. The van der Waals surface area contributed by atoms with E-state index in [9.17, 15) is 9.59 Å². The first kappa shape index (κ1) is 21.0. The molecule has 2 heterocycles. The van der Waals surface area contributed by atoms with Crippen molar-refractivity contribution in [2.45, 2.75) is 58.5 Å². The number of fused-ring (bicyclic) bond motifs is 1. The van der Waals surface area contributed by atoms with E-state index in [0.717, 1.165) is 31.2 Å². The Kier molecular flexibility index (Phi) is 5.92. The molecule has 0 radical (unpaired) electrons. The second-order valence-electron chi connectivity index (χ2n) is 9.49. The number of rotatable bonds is 6. The summed E-state index contributed by atoms with van der Waals surface area (Å²) >= 11 is 0. The molecule has 1 aliphatic heterocycles. The molecule has 2 fully saturated rings. The fourth-order valence-electron chi connectivity index (χ4n) is 6.04. The lowest BCUT2D eigenvalue weighted by molar-refractivity contribution is -0.140. The number of carbonyl (C=O) groups is 2. The van der Waals surface area contributed by atoms with Crippen LogP contribution >= 0.6 is 0 Å². The summed E-state index contributed by atoms with van der Waals surface area (Å²) in [6, 6.07) is 3.90. The van der Waals surface area contributed by atoms with E-state index in [1.165, 1.54) is 11.8 Å². The molecular formula is C25H32N2O3. The van der Waals surface area contributed by atoms with Gasteiger partial charge in [0.2, 0.25) is 0 Å². The molecule has 160 valence electrons. The predicted octanol–water partition coefficient (Wildman–Crippen LogP) is 4.20. The fourth-order valence-corrected chi connectivity index (χ4v) is 6.04. The molecule has 0 amide bonds. The SMILES string of the molecule is C=C1CCC2[C@@H](C)C(=O)CC[C@]2(C)C1CC(NCc1cccnc1)C1C=COC1=O. The molecule has 30 heavy (non-hydrogen) atoms. The summed E-state index contributed by atoms with van der Waals surface area (Å²) in [5.74, 6) is 0.671. The number of cyclic esters (lactones) is 1. The van der Waals surface area contributed by atoms with Gasteiger partial charge in [0.25, 0.3) is 0 Å². The molecule has 2 aliphatic carbocycles. The fraction of sp³-hybridized carbons (Fsp3) is 0.560. The Morgan fingerprint density at radius 1 is 1.37 bits per heavy atom. The van der Waals surface area contributed by atoms with Crippen molar-refractivity contribution >= 4 is 11.8 Å². The lowest BCUT2D eigenvalue weighted by Crippen LogP contribution is -2.51. The van der Waals surface area contributed by atoms with Crippen LogP contribution in [0.1, 0.15) is 51.5 Å². The van der Waals surface area contributed by atoms with Crippen molar-refractivity contribution in [1.82, 2.24) is 10.3 Å². The van der Waals surface area contributed by atoms with Crippen molar-refractivity contribution in [2.75, 3.05) is 0 Å². The van der Waals surface area contributed by atoms with Gasteiger partial charge in [0.15, 0.2) is 0 Å². The van der Waals surface area contributed by atoms with Crippen molar-refractivity contribution in [1.29, 1.82) is 0 Å². The van der Waals surface area contributed by atoms with Gasteiger partial charge in [0, 0.05) is 37.3 Å². The largest absolute Gasteiger partial charge is 0.434 e. The first-order valence-corrected chi connectivity index (χ1v) is 11.1. The van der Waals surface area contributed by atoms with Crippen LogP contribution in [0.15, 0.2) is 49.0 Å². The number of ketones is 1. The summed E-state index contributed by atoms with van der Waals surface area (Å²) in [5, 5.41) is 3.61. The number of ether oxygens (including phenoxy) is 1. The third kappa shape index (κ3) is 3.87. The van der Waals surface area contributed by atoms with E-state index < -0.39 is 0 Å². The van der Waals surface area contributed by atoms with Gasteiger partial charge in [-0.2, -0.15) is 0 Å². The van der Waals surface area contributed by atoms with Gasteiger partial charge in [-0.25, -0.2) is 0 Å². The summed E-state index contributed by atoms with van der Waals surface area (Å²) in [6.07, 6.45) is 11.4. The predicted molar refractivity (Wildman–Crippen MR) is 115 cm³/mol. The summed E-state index contributed by atoms with van der Waals surface area (Å²) < 4.78 is 5.14. The number of nitrogens with one attached hydrogen (secondary N) is 1. The van der Waals surface area contributed by atoms with E-state index in [-0.39, 0.29) is 35.2 Å². The Bertz CT molecular complexity index is 849.